The summed E-state index contributed by atoms with van der Waals surface area (Å²) in [6.07, 6.45) is 7.48. The predicted octanol–water partition coefficient (Wildman–Crippen LogP) is 1.07. The van der Waals surface area contributed by atoms with Crippen molar-refractivity contribution in [3.05, 3.63) is 0 Å². The highest BCUT2D eigenvalue weighted by Crippen LogP contribution is 2.28. The Labute approximate surface area is 98.4 Å². The van der Waals surface area contributed by atoms with E-state index in [1.807, 2.05) is 0 Å². The third-order valence-corrected chi connectivity index (χ3v) is 4.78. The molecular weight excluding hydrogens is 200 g/mol. The fourth-order valence-electron chi connectivity index (χ4n) is 3.83. The molecule has 1 saturated carbocycles. The molecule has 2 heterocycles. The molecule has 0 aromatic carbocycles. The molecule has 0 aromatic heterocycles. The molecule has 3 heteroatoms. The van der Waals surface area contributed by atoms with Crippen molar-refractivity contribution in [1.29, 1.82) is 0 Å². The Morgan fingerprint density at radius 3 is 2.50 bits per heavy atom. The molecule has 0 radical (unpaired) electrons. The van der Waals surface area contributed by atoms with Crippen LogP contribution in [0, 0.1) is 0 Å². The first kappa shape index (κ1) is 11.0. The first-order valence-corrected chi connectivity index (χ1v) is 7.01. The second-order valence-electron chi connectivity index (χ2n) is 5.75. The molecule has 16 heavy (non-hydrogen) atoms. The summed E-state index contributed by atoms with van der Waals surface area (Å²) in [5.74, 6) is 0. The minimum absolute atomic E-state index is 0.0540. The lowest BCUT2D eigenvalue weighted by atomic mass is 9.90. The second-order valence-corrected chi connectivity index (χ2v) is 5.75. The molecule has 3 nitrogen and oxygen atoms in total. The van der Waals surface area contributed by atoms with E-state index in [-0.39, 0.29) is 6.10 Å². The molecule has 1 unspecified atom stereocenters. The van der Waals surface area contributed by atoms with Crippen LogP contribution in [0.5, 0.6) is 0 Å². The lowest BCUT2D eigenvalue weighted by Crippen LogP contribution is -2.56. The van der Waals surface area contributed by atoms with E-state index in [2.05, 4.69) is 9.80 Å². The van der Waals surface area contributed by atoms with Crippen molar-refractivity contribution < 1.29 is 5.11 Å². The van der Waals surface area contributed by atoms with Crippen molar-refractivity contribution in [1.82, 2.24) is 9.80 Å². The predicted molar refractivity (Wildman–Crippen MR) is 64.4 cm³/mol. The van der Waals surface area contributed by atoms with Gasteiger partial charge in [0.2, 0.25) is 0 Å². The van der Waals surface area contributed by atoms with E-state index in [9.17, 15) is 5.11 Å². The zero-order valence-electron chi connectivity index (χ0n) is 10.1. The van der Waals surface area contributed by atoms with Crippen LogP contribution in [0.4, 0.5) is 0 Å². The van der Waals surface area contributed by atoms with Crippen molar-refractivity contribution in [2.24, 2.45) is 0 Å². The standard InChI is InChI=1S/C13H24N2O/c16-13-6-2-1-5-12(13)15-9-8-14-7-3-4-11(14)10-15/h11-13,16H,1-10H2/t11?,12-,13-/m1/s1. The molecular formula is C13H24N2O. The van der Waals surface area contributed by atoms with Gasteiger partial charge in [-0.05, 0) is 32.2 Å². The molecule has 2 aliphatic heterocycles. The highest BCUT2D eigenvalue weighted by molar-refractivity contribution is 4.92. The molecule has 2 saturated heterocycles. The van der Waals surface area contributed by atoms with Crippen LogP contribution in [0.15, 0.2) is 0 Å². The summed E-state index contributed by atoms with van der Waals surface area (Å²) in [7, 11) is 0. The third kappa shape index (κ3) is 2.01. The molecule has 3 rings (SSSR count). The van der Waals surface area contributed by atoms with Gasteiger partial charge in [0.05, 0.1) is 6.10 Å². The van der Waals surface area contributed by atoms with Gasteiger partial charge in [0.1, 0.15) is 0 Å². The van der Waals surface area contributed by atoms with Gasteiger partial charge in [-0.2, -0.15) is 0 Å². The van der Waals surface area contributed by atoms with Crippen molar-refractivity contribution >= 4 is 0 Å². The topological polar surface area (TPSA) is 26.7 Å². The van der Waals surface area contributed by atoms with Gasteiger partial charge in [-0.3, -0.25) is 9.80 Å². The quantitative estimate of drug-likeness (QED) is 0.722. The van der Waals surface area contributed by atoms with E-state index in [4.69, 9.17) is 0 Å². The molecule has 3 atom stereocenters. The molecule has 0 aromatic rings. The van der Waals surface area contributed by atoms with E-state index in [0.717, 1.165) is 12.5 Å². The van der Waals surface area contributed by atoms with Gasteiger partial charge in [0, 0.05) is 31.7 Å². The van der Waals surface area contributed by atoms with Crippen LogP contribution >= 0.6 is 0 Å². The summed E-state index contributed by atoms with van der Waals surface area (Å²) < 4.78 is 0. The fraction of sp³-hybridized carbons (Fsp3) is 1.00. The van der Waals surface area contributed by atoms with Crippen LogP contribution < -0.4 is 0 Å². The summed E-state index contributed by atoms with van der Waals surface area (Å²) in [4.78, 5) is 5.22. The maximum atomic E-state index is 10.1. The van der Waals surface area contributed by atoms with Gasteiger partial charge in [-0.25, -0.2) is 0 Å². The summed E-state index contributed by atoms with van der Waals surface area (Å²) in [6, 6.07) is 1.26. The van der Waals surface area contributed by atoms with Gasteiger partial charge >= 0.3 is 0 Å². The summed E-state index contributed by atoms with van der Waals surface area (Å²) in [5, 5.41) is 10.1. The minimum Gasteiger partial charge on any atom is -0.391 e. The number of hydrogen-bond acceptors (Lipinski definition) is 3. The lowest BCUT2D eigenvalue weighted by molar-refractivity contribution is -0.0133. The molecule has 0 amide bonds. The molecule has 3 aliphatic rings. The van der Waals surface area contributed by atoms with E-state index < -0.39 is 0 Å². The molecule has 0 bridgehead atoms. The Bertz CT molecular complexity index is 246. The maximum Gasteiger partial charge on any atom is 0.0695 e. The third-order valence-electron chi connectivity index (χ3n) is 4.78. The smallest absolute Gasteiger partial charge is 0.0695 e. The van der Waals surface area contributed by atoms with Crippen molar-refractivity contribution in [3.63, 3.8) is 0 Å². The van der Waals surface area contributed by atoms with Gasteiger partial charge < -0.3 is 5.11 Å². The van der Waals surface area contributed by atoms with Gasteiger partial charge in [-0.15, -0.1) is 0 Å². The van der Waals surface area contributed by atoms with Crippen LogP contribution in [0.25, 0.3) is 0 Å². The van der Waals surface area contributed by atoms with E-state index in [1.165, 1.54) is 58.3 Å². The molecule has 3 fully saturated rings. The summed E-state index contributed by atoms with van der Waals surface area (Å²) in [6.45, 7) is 4.93. The summed E-state index contributed by atoms with van der Waals surface area (Å²) in [5.41, 5.74) is 0. The Balaban J connectivity index is 1.62. The van der Waals surface area contributed by atoms with Crippen molar-refractivity contribution in [3.8, 4) is 0 Å². The maximum absolute atomic E-state index is 10.1. The van der Waals surface area contributed by atoms with Gasteiger partial charge in [0.25, 0.3) is 0 Å². The Morgan fingerprint density at radius 1 is 0.812 bits per heavy atom. The van der Waals surface area contributed by atoms with Crippen LogP contribution in [-0.2, 0) is 0 Å². The van der Waals surface area contributed by atoms with Gasteiger partial charge in [0.15, 0.2) is 0 Å². The highest BCUT2D eigenvalue weighted by atomic mass is 16.3. The summed E-state index contributed by atoms with van der Waals surface area (Å²) >= 11 is 0. The van der Waals surface area contributed by atoms with Crippen LogP contribution in [0.3, 0.4) is 0 Å². The molecule has 0 spiro atoms. The zero-order chi connectivity index (χ0) is 11.0. The number of aliphatic hydroxyl groups is 1. The zero-order valence-corrected chi connectivity index (χ0v) is 10.1. The number of rotatable bonds is 1. The average Bonchev–Trinajstić information content (AvgIpc) is 2.76. The van der Waals surface area contributed by atoms with E-state index in [1.54, 1.807) is 0 Å². The number of nitrogens with zero attached hydrogens (tertiary/aromatic N) is 2. The number of piperazine rings is 1. The lowest BCUT2D eigenvalue weighted by Gasteiger charge is -2.44. The second kappa shape index (κ2) is 4.63. The Morgan fingerprint density at radius 2 is 1.62 bits per heavy atom. The normalized spacial score (nSPS) is 42.2. The van der Waals surface area contributed by atoms with Gasteiger partial charge in [-0.1, -0.05) is 12.8 Å². The van der Waals surface area contributed by atoms with Crippen molar-refractivity contribution in [2.75, 3.05) is 26.2 Å². The Hall–Kier alpha value is -0.120. The molecule has 1 N–H and O–H groups in total. The minimum atomic E-state index is -0.0540. The fourth-order valence-corrected chi connectivity index (χ4v) is 3.83. The first-order chi connectivity index (χ1) is 7.84. The number of hydrogen-bond donors (Lipinski definition) is 1. The van der Waals surface area contributed by atoms with Crippen molar-refractivity contribution in [2.45, 2.75) is 56.7 Å². The highest BCUT2D eigenvalue weighted by Gasteiger charge is 2.36. The van der Waals surface area contributed by atoms with E-state index in [0.29, 0.717) is 6.04 Å². The first-order valence-electron chi connectivity index (χ1n) is 7.01. The number of aliphatic hydroxyl groups excluding tert-OH is 1. The largest absolute Gasteiger partial charge is 0.391 e. The van der Waals surface area contributed by atoms with Crippen LogP contribution in [0.1, 0.15) is 38.5 Å². The molecule has 1 aliphatic carbocycles. The van der Waals surface area contributed by atoms with E-state index >= 15 is 0 Å². The van der Waals surface area contributed by atoms with Crippen LogP contribution in [0.2, 0.25) is 0 Å². The monoisotopic (exact) mass is 224 g/mol. The van der Waals surface area contributed by atoms with Crippen LogP contribution in [-0.4, -0.2) is 59.3 Å². The average molecular weight is 224 g/mol. The number of fused-ring (bicyclic) bond motifs is 1. The Kier molecular flexibility index (Phi) is 3.18. The molecule has 92 valence electrons. The SMILES string of the molecule is O[C@@H]1CCCC[C@H]1N1CCN2CCCC2C1.